The van der Waals surface area contributed by atoms with Crippen molar-refractivity contribution in [3.8, 4) is 0 Å². The number of carbonyl (C=O) groups excluding carboxylic acids is 2. The summed E-state index contributed by atoms with van der Waals surface area (Å²) in [6.45, 7) is 1.26. The highest BCUT2D eigenvalue weighted by Crippen LogP contribution is 2.55. The first-order chi connectivity index (χ1) is 13.6. The summed E-state index contributed by atoms with van der Waals surface area (Å²) >= 11 is 1.73. The molecule has 2 heterocycles. The van der Waals surface area contributed by atoms with Crippen LogP contribution in [0.4, 0.5) is 4.79 Å². The van der Waals surface area contributed by atoms with Gasteiger partial charge < -0.3 is 15.5 Å². The van der Waals surface area contributed by atoms with E-state index in [1.807, 2.05) is 4.90 Å². The van der Waals surface area contributed by atoms with Crippen LogP contribution in [0.2, 0.25) is 0 Å². The molecule has 0 aromatic carbocycles. The third kappa shape index (κ3) is 3.56. The Bertz CT molecular complexity index is 697. The Labute approximate surface area is 171 Å². The molecule has 5 fully saturated rings. The fraction of sp³-hybridized carbons (Fsp3) is 0.727. The molecule has 1 unspecified atom stereocenters. The second-order valence-corrected chi connectivity index (χ2v) is 10.6. The predicted octanol–water partition coefficient (Wildman–Crippen LogP) is 4.07. The van der Waals surface area contributed by atoms with Crippen LogP contribution in [0.3, 0.4) is 0 Å². The average Bonchev–Trinajstić information content (AvgIpc) is 3.31. The van der Waals surface area contributed by atoms with Crippen LogP contribution >= 0.6 is 11.3 Å². The van der Waals surface area contributed by atoms with Crippen LogP contribution in [-0.2, 0) is 4.79 Å². The van der Waals surface area contributed by atoms with E-state index < -0.39 is 0 Å². The van der Waals surface area contributed by atoms with Gasteiger partial charge in [0.15, 0.2) is 0 Å². The fourth-order valence-corrected chi connectivity index (χ4v) is 7.69. The van der Waals surface area contributed by atoms with Crippen molar-refractivity contribution in [2.24, 2.45) is 17.8 Å². The summed E-state index contributed by atoms with van der Waals surface area (Å²) in [5.74, 6) is 2.61. The molecule has 0 spiro atoms. The van der Waals surface area contributed by atoms with Gasteiger partial charge in [0.2, 0.25) is 5.91 Å². The molecule has 2 N–H and O–H groups in total. The van der Waals surface area contributed by atoms with Crippen LogP contribution in [0.5, 0.6) is 0 Å². The van der Waals surface area contributed by atoms with Gasteiger partial charge in [0, 0.05) is 29.9 Å². The number of carbonyl (C=O) groups is 2. The summed E-state index contributed by atoms with van der Waals surface area (Å²) < 4.78 is 0. The maximum absolute atomic E-state index is 12.7. The molecule has 3 amide bonds. The minimum atomic E-state index is -0.0778. The molecule has 28 heavy (non-hydrogen) atoms. The minimum Gasteiger partial charge on any atom is -0.338 e. The molecular weight excluding hydrogens is 370 g/mol. The zero-order valence-electron chi connectivity index (χ0n) is 16.5. The van der Waals surface area contributed by atoms with Crippen LogP contribution in [0.25, 0.3) is 0 Å². The molecule has 152 valence electrons. The Kier molecular flexibility index (Phi) is 4.85. The molecule has 1 aromatic rings. The topological polar surface area (TPSA) is 61.4 Å². The summed E-state index contributed by atoms with van der Waals surface area (Å²) in [5.41, 5.74) is 0.0298. The maximum atomic E-state index is 12.7. The van der Waals surface area contributed by atoms with Crippen molar-refractivity contribution in [2.45, 2.75) is 69.4 Å². The number of rotatable bonds is 5. The van der Waals surface area contributed by atoms with Crippen LogP contribution in [0.15, 0.2) is 17.5 Å². The van der Waals surface area contributed by atoms with Crippen LogP contribution < -0.4 is 10.6 Å². The van der Waals surface area contributed by atoms with E-state index in [4.69, 9.17) is 0 Å². The highest BCUT2D eigenvalue weighted by Gasteiger charge is 2.51. The second-order valence-electron chi connectivity index (χ2n) is 9.59. The average molecular weight is 402 g/mol. The third-order valence-electron chi connectivity index (χ3n) is 7.49. The van der Waals surface area contributed by atoms with Crippen molar-refractivity contribution in [2.75, 3.05) is 13.1 Å². The molecule has 4 saturated carbocycles. The van der Waals surface area contributed by atoms with Gasteiger partial charge >= 0.3 is 6.03 Å². The van der Waals surface area contributed by atoms with Crippen molar-refractivity contribution in [1.29, 1.82) is 0 Å². The molecule has 4 bridgehead atoms. The number of likely N-dealkylation sites (tertiary alicyclic amines) is 1. The van der Waals surface area contributed by atoms with E-state index in [-0.39, 0.29) is 23.5 Å². The van der Waals surface area contributed by atoms with Crippen molar-refractivity contribution in [3.63, 3.8) is 0 Å². The van der Waals surface area contributed by atoms with E-state index in [1.54, 1.807) is 11.3 Å². The van der Waals surface area contributed by atoms with Gasteiger partial charge in [-0.05, 0) is 80.6 Å². The Balaban J connectivity index is 1.10. The second kappa shape index (κ2) is 7.36. The lowest BCUT2D eigenvalue weighted by atomic mass is 9.53. The number of thiophene rings is 1. The normalized spacial score (nSPS) is 35.9. The lowest BCUT2D eigenvalue weighted by Gasteiger charge is -2.56. The zero-order valence-corrected chi connectivity index (χ0v) is 17.3. The molecule has 4 aliphatic carbocycles. The van der Waals surface area contributed by atoms with Crippen LogP contribution in [0, 0.1) is 17.8 Å². The van der Waals surface area contributed by atoms with E-state index in [0.29, 0.717) is 13.0 Å². The molecule has 6 heteroatoms. The molecule has 5 nitrogen and oxygen atoms in total. The lowest BCUT2D eigenvalue weighted by molar-refractivity contribution is -0.131. The summed E-state index contributed by atoms with van der Waals surface area (Å²) in [7, 11) is 0. The molecule has 1 saturated heterocycles. The number of amides is 3. The number of nitrogens with one attached hydrogen (secondary N) is 2. The van der Waals surface area contributed by atoms with E-state index in [1.165, 1.54) is 24.1 Å². The van der Waals surface area contributed by atoms with Gasteiger partial charge in [0.25, 0.3) is 0 Å². The quantitative estimate of drug-likeness (QED) is 0.781. The van der Waals surface area contributed by atoms with Crippen LogP contribution in [0.1, 0.15) is 68.7 Å². The van der Waals surface area contributed by atoms with Crippen molar-refractivity contribution in [3.05, 3.63) is 22.4 Å². The standard InChI is InChI=1S/C22H31N3O2S/c26-20(25-7-1-3-18(25)19-4-2-8-28-19)5-6-23-21(27)24-22-12-15-9-16(13-22)11-17(10-15)14-22/h2,4,8,15-18H,1,3,5-7,9-14H2,(H2,23,24,27). The third-order valence-corrected chi connectivity index (χ3v) is 8.46. The summed E-state index contributed by atoms with van der Waals surface area (Å²) in [6.07, 6.45) is 10.1. The molecule has 0 radical (unpaired) electrons. The Morgan fingerprint density at radius 1 is 1.14 bits per heavy atom. The fourth-order valence-electron chi connectivity index (χ4n) is 6.82. The SMILES string of the molecule is O=C(NCCC(=O)N1CCCC1c1cccs1)NC12CC3CC(CC(C3)C1)C2. The maximum Gasteiger partial charge on any atom is 0.315 e. The summed E-state index contributed by atoms with van der Waals surface area (Å²) in [5, 5.41) is 8.37. The van der Waals surface area contributed by atoms with Gasteiger partial charge in [-0.25, -0.2) is 4.79 Å². The number of nitrogens with zero attached hydrogens (tertiary/aromatic N) is 1. The minimum absolute atomic E-state index is 0.0298. The van der Waals surface area contributed by atoms with Gasteiger partial charge in [0.05, 0.1) is 6.04 Å². The monoisotopic (exact) mass is 401 g/mol. The Hall–Kier alpha value is -1.56. The van der Waals surface area contributed by atoms with Gasteiger partial charge in [-0.2, -0.15) is 0 Å². The van der Waals surface area contributed by atoms with E-state index in [9.17, 15) is 9.59 Å². The molecule has 6 rings (SSSR count). The Morgan fingerprint density at radius 3 is 2.50 bits per heavy atom. The molecule has 1 aromatic heterocycles. The molecule has 1 atom stereocenters. The van der Waals surface area contributed by atoms with Crippen molar-refractivity contribution >= 4 is 23.3 Å². The lowest BCUT2D eigenvalue weighted by Crippen LogP contribution is -2.61. The highest BCUT2D eigenvalue weighted by molar-refractivity contribution is 7.10. The summed E-state index contributed by atoms with van der Waals surface area (Å²) in [6, 6.07) is 4.33. The number of hydrogen-bond acceptors (Lipinski definition) is 3. The molecular formula is C22H31N3O2S. The first-order valence-electron chi connectivity index (χ1n) is 11.0. The van der Waals surface area contributed by atoms with E-state index in [0.717, 1.165) is 56.4 Å². The van der Waals surface area contributed by atoms with Crippen molar-refractivity contribution in [1.82, 2.24) is 15.5 Å². The Morgan fingerprint density at radius 2 is 1.86 bits per heavy atom. The largest absolute Gasteiger partial charge is 0.338 e. The predicted molar refractivity (Wildman–Crippen MR) is 110 cm³/mol. The number of hydrogen-bond donors (Lipinski definition) is 2. The zero-order chi connectivity index (χ0) is 19.1. The molecule has 1 aliphatic heterocycles. The van der Waals surface area contributed by atoms with Crippen molar-refractivity contribution < 1.29 is 9.59 Å². The van der Waals surface area contributed by atoms with Gasteiger partial charge in [-0.3, -0.25) is 4.79 Å². The highest BCUT2D eigenvalue weighted by atomic mass is 32.1. The van der Waals surface area contributed by atoms with Gasteiger partial charge in [0.1, 0.15) is 0 Å². The first-order valence-corrected chi connectivity index (χ1v) is 11.9. The first kappa shape index (κ1) is 18.5. The van der Waals surface area contributed by atoms with E-state index >= 15 is 0 Å². The smallest absolute Gasteiger partial charge is 0.315 e. The number of urea groups is 1. The van der Waals surface area contributed by atoms with Gasteiger partial charge in [-0.15, -0.1) is 11.3 Å². The van der Waals surface area contributed by atoms with E-state index in [2.05, 4.69) is 28.1 Å². The van der Waals surface area contributed by atoms with Gasteiger partial charge in [-0.1, -0.05) is 6.07 Å². The molecule has 5 aliphatic rings. The van der Waals surface area contributed by atoms with Crippen LogP contribution in [-0.4, -0.2) is 35.5 Å². The summed E-state index contributed by atoms with van der Waals surface area (Å²) in [4.78, 5) is 28.5.